The molecule has 1 aromatic carbocycles. The lowest BCUT2D eigenvalue weighted by atomic mass is 10.1. The van der Waals surface area contributed by atoms with E-state index in [-0.39, 0.29) is 0 Å². The quantitative estimate of drug-likeness (QED) is 0.647. The maximum atomic E-state index is 5.74. The fraction of sp³-hybridized carbons (Fsp3) is 0.500. The topological polar surface area (TPSA) is 39.1 Å². The molecule has 0 saturated heterocycles. The van der Waals surface area contributed by atoms with Crippen molar-refractivity contribution in [1.29, 1.82) is 0 Å². The standard InChI is InChI=1S/C18H27N3O/c1-2-3-5-17-6-8-18(9-7-17)22-15-12-19-10-4-13-21-14-11-20-16-21/h6-9,11,14,16,19H,2-5,10,12-13,15H2,1H3. The number of hydrogen-bond acceptors (Lipinski definition) is 3. The number of benzene rings is 1. The molecule has 0 radical (unpaired) electrons. The van der Waals surface area contributed by atoms with Crippen LogP contribution in [0.2, 0.25) is 0 Å². The summed E-state index contributed by atoms with van der Waals surface area (Å²) in [6.07, 6.45) is 10.4. The van der Waals surface area contributed by atoms with Gasteiger partial charge in [-0.3, -0.25) is 0 Å². The van der Waals surface area contributed by atoms with E-state index in [1.165, 1.54) is 18.4 Å². The van der Waals surface area contributed by atoms with E-state index in [9.17, 15) is 0 Å². The number of imidazole rings is 1. The zero-order chi connectivity index (χ0) is 15.5. The van der Waals surface area contributed by atoms with Gasteiger partial charge in [-0.25, -0.2) is 4.98 Å². The molecular weight excluding hydrogens is 274 g/mol. The molecule has 1 heterocycles. The molecule has 0 fully saturated rings. The average molecular weight is 301 g/mol. The van der Waals surface area contributed by atoms with Crippen LogP contribution in [0.1, 0.15) is 31.7 Å². The monoisotopic (exact) mass is 301 g/mol. The molecule has 0 spiro atoms. The van der Waals surface area contributed by atoms with E-state index in [4.69, 9.17) is 4.74 Å². The van der Waals surface area contributed by atoms with Gasteiger partial charge in [0, 0.05) is 25.5 Å². The normalized spacial score (nSPS) is 10.8. The first-order chi connectivity index (χ1) is 10.9. The molecule has 0 aliphatic heterocycles. The summed E-state index contributed by atoms with van der Waals surface area (Å²) in [5, 5.41) is 3.40. The van der Waals surface area contributed by atoms with Crippen LogP contribution in [-0.4, -0.2) is 29.2 Å². The zero-order valence-corrected chi connectivity index (χ0v) is 13.5. The molecule has 0 amide bonds. The lowest BCUT2D eigenvalue weighted by Crippen LogP contribution is -2.22. The summed E-state index contributed by atoms with van der Waals surface area (Å²) in [4.78, 5) is 4.03. The second-order valence-electron chi connectivity index (χ2n) is 5.50. The molecule has 0 aliphatic rings. The molecule has 120 valence electrons. The average Bonchev–Trinajstić information content (AvgIpc) is 3.06. The Bertz CT molecular complexity index is 494. The van der Waals surface area contributed by atoms with Gasteiger partial charge in [0.2, 0.25) is 0 Å². The van der Waals surface area contributed by atoms with Gasteiger partial charge < -0.3 is 14.6 Å². The fourth-order valence-corrected chi connectivity index (χ4v) is 2.30. The Morgan fingerprint density at radius 2 is 2.00 bits per heavy atom. The van der Waals surface area contributed by atoms with Crippen LogP contribution in [0, 0.1) is 0 Å². The number of hydrogen-bond donors (Lipinski definition) is 1. The van der Waals surface area contributed by atoms with Gasteiger partial charge in [0.15, 0.2) is 0 Å². The van der Waals surface area contributed by atoms with E-state index in [0.717, 1.165) is 38.2 Å². The molecule has 2 rings (SSSR count). The third-order valence-electron chi connectivity index (χ3n) is 3.62. The van der Waals surface area contributed by atoms with Gasteiger partial charge in [0.25, 0.3) is 0 Å². The van der Waals surface area contributed by atoms with Crippen molar-refractivity contribution in [2.75, 3.05) is 19.7 Å². The van der Waals surface area contributed by atoms with E-state index in [0.29, 0.717) is 6.61 Å². The van der Waals surface area contributed by atoms with Gasteiger partial charge in [0.1, 0.15) is 12.4 Å². The van der Waals surface area contributed by atoms with Crippen molar-refractivity contribution in [2.24, 2.45) is 0 Å². The molecule has 4 heteroatoms. The van der Waals surface area contributed by atoms with Gasteiger partial charge in [-0.1, -0.05) is 25.5 Å². The highest BCUT2D eigenvalue weighted by Gasteiger charge is 1.96. The number of ether oxygens (including phenoxy) is 1. The smallest absolute Gasteiger partial charge is 0.119 e. The predicted molar refractivity (Wildman–Crippen MR) is 90.3 cm³/mol. The Labute approximate surface area is 133 Å². The second-order valence-corrected chi connectivity index (χ2v) is 5.50. The maximum Gasteiger partial charge on any atom is 0.119 e. The Balaban J connectivity index is 1.51. The largest absolute Gasteiger partial charge is 0.492 e. The van der Waals surface area contributed by atoms with E-state index in [1.54, 1.807) is 0 Å². The molecule has 0 unspecified atom stereocenters. The first-order valence-electron chi connectivity index (χ1n) is 8.26. The molecule has 1 N–H and O–H groups in total. The third kappa shape index (κ3) is 6.31. The number of nitrogens with zero attached hydrogens (tertiary/aromatic N) is 2. The van der Waals surface area contributed by atoms with Crippen molar-refractivity contribution in [1.82, 2.24) is 14.9 Å². The molecule has 0 aliphatic carbocycles. The molecule has 0 atom stereocenters. The highest BCUT2D eigenvalue weighted by Crippen LogP contribution is 2.13. The van der Waals surface area contributed by atoms with Crippen molar-refractivity contribution in [3.8, 4) is 5.75 Å². The van der Waals surface area contributed by atoms with Gasteiger partial charge >= 0.3 is 0 Å². The summed E-state index contributed by atoms with van der Waals surface area (Å²) in [5.74, 6) is 0.959. The Morgan fingerprint density at radius 3 is 2.73 bits per heavy atom. The molecule has 22 heavy (non-hydrogen) atoms. The second kappa shape index (κ2) is 10.0. The van der Waals surface area contributed by atoms with Crippen LogP contribution in [-0.2, 0) is 13.0 Å². The van der Waals surface area contributed by atoms with Crippen LogP contribution >= 0.6 is 0 Å². The number of aryl methyl sites for hydroxylation is 2. The minimum absolute atomic E-state index is 0.708. The highest BCUT2D eigenvalue weighted by atomic mass is 16.5. The minimum Gasteiger partial charge on any atom is -0.492 e. The van der Waals surface area contributed by atoms with Crippen LogP contribution in [0.3, 0.4) is 0 Å². The summed E-state index contributed by atoms with van der Waals surface area (Å²) >= 11 is 0. The number of nitrogens with one attached hydrogen (secondary N) is 1. The lowest BCUT2D eigenvalue weighted by molar-refractivity contribution is 0.313. The van der Waals surface area contributed by atoms with E-state index in [1.807, 2.05) is 18.7 Å². The minimum atomic E-state index is 0.708. The zero-order valence-electron chi connectivity index (χ0n) is 13.5. The Morgan fingerprint density at radius 1 is 1.14 bits per heavy atom. The van der Waals surface area contributed by atoms with Crippen molar-refractivity contribution in [3.05, 3.63) is 48.5 Å². The summed E-state index contributed by atoms with van der Waals surface area (Å²) in [5.41, 5.74) is 1.40. The van der Waals surface area contributed by atoms with Gasteiger partial charge in [0.05, 0.1) is 6.33 Å². The summed E-state index contributed by atoms with van der Waals surface area (Å²) < 4.78 is 7.84. The van der Waals surface area contributed by atoms with Crippen molar-refractivity contribution >= 4 is 0 Å². The molecule has 2 aromatic rings. The van der Waals surface area contributed by atoms with Crippen molar-refractivity contribution < 1.29 is 4.74 Å². The number of unbranched alkanes of at least 4 members (excludes halogenated alkanes) is 1. The molecule has 0 bridgehead atoms. The Hall–Kier alpha value is -1.81. The summed E-state index contributed by atoms with van der Waals surface area (Å²) in [6, 6.07) is 8.49. The molecule has 0 saturated carbocycles. The fourth-order valence-electron chi connectivity index (χ4n) is 2.30. The van der Waals surface area contributed by atoms with Crippen LogP contribution in [0.25, 0.3) is 0 Å². The van der Waals surface area contributed by atoms with Gasteiger partial charge in [-0.05, 0) is 43.5 Å². The van der Waals surface area contributed by atoms with Gasteiger partial charge in [-0.2, -0.15) is 0 Å². The highest BCUT2D eigenvalue weighted by molar-refractivity contribution is 5.27. The third-order valence-corrected chi connectivity index (χ3v) is 3.62. The maximum absolute atomic E-state index is 5.74. The molecule has 1 aromatic heterocycles. The van der Waals surface area contributed by atoms with Crippen LogP contribution in [0.4, 0.5) is 0 Å². The molecule has 4 nitrogen and oxygen atoms in total. The first-order valence-corrected chi connectivity index (χ1v) is 8.26. The summed E-state index contributed by atoms with van der Waals surface area (Å²) in [7, 11) is 0. The summed E-state index contributed by atoms with van der Waals surface area (Å²) in [6.45, 7) is 5.81. The number of aromatic nitrogens is 2. The van der Waals surface area contributed by atoms with Crippen LogP contribution < -0.4 is 10.1 Å². The van der Waals surface area contributed by atoms with Crippen molar-refractivity contribution in [3.63, 3.8) is 0 Å². The van der Waals surface area contributed by atoms with E-state index < -0.39 is 0 Å². The SMILES string of the molecule is CCCCc1ccc(OCCNCCCn2ccnc2)cc1. The predicted octanol–water partition coefficient (Wildman–Crippen LogP) is 3.28. The van der Waals surface area contributed by atoms with Crippen LogP contribution in [0.5, 0.6) is 5.75 Å². The number of rotatable bonds is 11. The Kier molecular flexibility index (Phi) is 7.53. The van der Waals surface area contributed by atoms with E-state index >= 15 is 0 Å². The first kappa shape index (κ1) is 16.6. The van der Waals surface area contributed by atoms with Gasteiger partial charge in [-0.15, -0.1) is 0 Å². The molecular formula is C18H27N3O. The van der Waals surface area contributed by atoms with E-state index in [2.05, 4.69) is 46.1 Å². The lowest BCUT2D eigenvalue weighted by Gasteiger charge is -2.08. The van der Waals surface area contributed by atoms with Crippen molar-refractivity contribution in [2.45, 2.75) is 39.2 Å². The van der Waals surface area contributed by atoms with Crippen LogP contribution in [0.15, 0.2) is 43.0 Å².